The first kappa shape index (κ1) is 15.8. The number of aryl methyl sites for hydroxylation is 1. The molecule has 2 atom stereocenters. The Bertz CT molecular complexity index is 723. The summed E-state index contributed by atoms with van der Waals surface area (Å²) in [4.78, 5) is 16.0. The molecule has 4 rings (SSSR count). The minimum absolute atomic E-state index is 0.0615. The zero-order chi connectivity index (χ0) is 16.5. The fraction of sp³-hybridized carbons (Fsp3) is 0.556. The lowest BCUT2D eigenvalue weighted by Gasteiger charge is -2.34. The second-order valence-corrected chi connectivity index (χ2v) is 7.70. The molecule has 0 bridgehead atoms. The van der Waals surface area contributed by atoms with Gasteiger partial charge in [-0.15, -0.1) is 11.3 Å². The number of ether oxygens (including phenoxy) is 1. The van der Waals surface area contributed by atoms with Crippen LogP contribution in [0.5, 0.6) is 0 Å². The third kappa shape index (κ3) is 3.13. The van der Waals surface area contributed by atoms with Crippen LogP contribution in [0.2, 0.25) is 0 Å². The van der Waals surface area contributed by atoms with Crippen LogP contribution in [0, 0.1) is 6.92 Å². The standard InChI is InChI=1S/C18H23N3O2S/c1-13-10-19-21(11-13)15-3-2-6-20(12-15)17(22)9-16-18-14(4-7-23-16)5-8-24-18/h5,8,10-11,15-16H,2-4,6-7,9,12H2,1H3/t15-,16-/m1/s1. The highest BCUT2D eigenvalue weighted by Gasteiger charge is 2.30. The maximum atomic E-state index is 12.8. The van der Waals surface area contributed by atoms with Crippen LogP contribution in [0.15, 0.2) is 23.8 Å². The fourth-order valence-corrected chi connectivity index (χ4v) is 4.70. The molecule has 5 nitrogen and oxygen atoms in total. The molecule has 0 aromatic carbocycles. The van der Waals surface area contributed by atoms with E-state index in [1.54, 1.807) is 11.3 Å². The van der Waals surface area contributed by atoms with Crippen LogP contribution in [0.25, 0.3) is 0 Å². The lowest BCUT2D eigenvalue weighted by molar-refractivity contribution is -0.136. The molecule has 4 heterocycles. The summed E-state index contributed by atoms with van der Waals surface area (Å²) in [5, 5.41) is 6.53. The summed E-state index contributed by atoms with van der Waals surface area (Å²) in [5.41, 5.74) is 2.52. The number of piperidine rings is 1. The molecule has 2 aromatic rings. The van der Waals surface area contributed by atoms with Gasteiger partial charge in [-0.1, -0.05) is 0 Å². The van der Waals surface area contributed by atoms with Crippen LogP contribution in [-0.4, -0.2) is 40.3 Å². The molecule has 128 valence electrons. The smallest absolute Gasteiger partial charge is 0.225 e. The highest BCUT2D eigenvalue weighted by atomic mass is 32.1. The molecule has 0 N–H and O–H groups in total. The molecule has 24 heavy (non-hydrogen) atoms. The first-order valence-corrected chi connectivity index (χ1v) is 9.55. The molecule has 1 amide bonds. The Labute approximate surface area is 146 Å². The maximum absolute atomic E-state index is 12.8. The van der Waals surface area contributed by atoms with Crippen molar-refractivity contribution in [1.82, 2.24) is 14.7 Å². The summed E-state index contributed by atoms with van der Waals surface area (Å²) in [6, 6.07) is 2.46. The molecule has 0 saturated carbocycles. The van der Waals surface area contributed by atoms with E-state index in [0.29, 0.717) is 12.5 Å². The Morgan fingerprint density at radius 2 is 2.42 bits per heavy atom. The fourth-order valence-electron chi connectivity index (χ4n) is 3.69. The van der Waals surface area contributed by atoms with E-state index in [0.717, 1.165) is 39.0 Å². The lowest BCUT2D eigenvalue weighted by atomic mass is 10.0. The molecular weight excluding hydrogens is 322 g/mol. The number of thiophene rings is 1. The van der Waals surface area contributed by atoms with Gasteiger partial charge >= 0.3 is 0 Å². The number of carbonyl (C=O) groups is 1. The molecule has 2 aliphatic rings. The Morgan fingerprint density at radius 1 is 1.50 bits per heavy atom. The third-order valence-electron chi connectivity index (χ3n) is 4.98. The van der Waals surface area contributed by atoms with E-state index in [2.05, 4.69) is 22.7 Å². The van der Waals surface area contributed by atoms with Crippen molar-refractivity contribution in [3.63, 3.8) is 0 Å². The first-order valence-electron chi connectivity index (χ1n) is 8.67. The van der Waals surface area contributed by atoms with E-state index in [9.17, 15) is 4.79 Å². The van der Waals surface area contributed by atoms with Crippen molar-refractivity contribution >= 4 is 17.2 Å². The summed E-state index contributed by atoms with van der Waals surface area (Å²) < 4.78 is 7.90. The predicted molar refractivity (Wildman–Crippen MR) is 93.1 cm³/mol. The van der Waals surface area contributed by atoms with E-state index >= 15 is 0 Å². The van der Waals surface area contributed by atoms with Gasteiger partial charge in [0.05, 0.1) is 25.3 Å². The van der Waals surface area contributed by atoms with Crippen molar-refractivity contribution in [3.8, 4) is 0 Å². The van der Waals surface area contributed by atoms with Crippen molar-refractivity contribution in [3.05, 3.63) is 39.8 Å². The molecule has 6 heteroatoms. The Hall–Kier alpha value is -1.66. The molecule has 1 fully saturated rings. The monoisotopic (exact) mass is 345 g/mol. The van der Waals surface area contributed by atoms with E-state index < -0.39 is 0 Å². The average Bonchev–Trinajstić information content (AvgIpc) is 3.24. The molecule has 1 saturated heterocycles. The van der Waals surface area contributed by atoms with E-state index in [-0.39, 0.29) is 12.0 Å². The van der Waals surface area contributed by atoms with Gasteiger partial charge in [-0.05, 0) is 48.8 Å². The van der Waals surface area contributed by atoms with Crippen molar-refractivity contribution in [2.24, 2.45) is 0 Å². The number of likely N-dealkylation sites (tertiary alicyclic amines) is 1. The molecule has 0 unspecified atom stereocenters. The number of rotatable bonds is 3. The lowest BCUT2D eigenvalue weighted by Crippen LogP contribution is -2.41. The van der Waals surface area contributed by atoms with Gasteiger partial charge in [-0.2, -0.15) is 5.10 Å². The zero-order valence-electron chi connectivity index (χ0n) is 14.0. The number of aromatic nitrogens is 2. The molecular formula is C18H23N3O2S. The SMILES string of the molecule is Cc1cnn([C@@H]2CCCN(C(=O)C[C@H]3OCCc4ccsc43)C2)c1. The summed E-state index contributed by atoms with van der Waals surface area (Å²) >= 11 is 1.71. The maximum Gasteiger partial charge on any atom is 0.225 e. The van der Waals surface area contributed by atoms with Gasteiger partial charge in [0.1, 0.15) is 6.10 Å². The minimum atomic E-state index is -0.0615. The molecule has 0 aliphatic carbocycles. The highest BCUT2D eigenvalue weighted by Crippen LogP contribution is 2.34. The average molecular weight is 345 g/mol. The van der Waals surface area contributed by atoms with Gasteiger partial charge in [0.2, 0.25) is 5.91 Å². The van der Waals surface area contributed by atoms with Crippen LogP contribution in [0.3, 0.4) is 0 Å². The summed E-state index contributed by atoms with van der Waals surface area (Å²) in [7, 11) is 0. The number of nitrogens with zero attached hydrogens (tertiary/aromatic N) is 3. The van der Waals surface area contributed by atoms with Crippen molar-refractivity contribution in [2.75, 3.05) is 19.7 Å². The van der Waals surface area contributed by atoms with Crippen LogP contribution in [0.4, 0.5) is 0 Å². The number of amides is 1. The second-order valence-electron chi connectivity index (χ2n) is 6.76. The normalized spacial score (nSPS) is 24.0. The molecule has 2 aliphatic heterocycles. The first-order chi connectivity index (χ1) is 11.7. The minimum Gasteiger partial charge on any atom is -0.372 e. The van der Waals surface area contributed by atoms with Crippen LogP contribution < -0.4 is 0 Å². The number of carbonyl (C=O) groups excluding carboxylic acids is 1. The zero-order valence-corrected chi connectivity index (χ0v) is 14.8. The van der Waals surface area contributed by atoms with Crippen LogP contribution >= 0.6 is 11.3 Å². The van der Waals surface area contributed by atoms with Gasteiger partial charge in [-0.3, -0.25) is 9.48 Å². The topological polar surface area (TPSA) is 47.4 Å². The largest absolute Gasteiger partial charge is 0.372 e. The Kier molecular flexibility index (Phi) is 4.41. The highest BCUT2D eigenvalue weighted by molar-refractivity contribution is 7.10. The Morgan fingerprint density at radius 3 is 3.25 bits per heavy atom. The van der Waals surface area contributed by atoms with Gasteiger partial charge in [0.15, 0.2) is 0 Å². The van der Waals surface area contributed by atoms with E-state index in [1.807, 2.05) is 22.7 Å². The van der Waals surface area contributed by atoms with E-state index in [1.165, 1.54) is 16.0 Å². The van der Waals surface area contributed by atoms with Crippen molar-refractivity contribution in [2.45, 2.75) is 44.8 Å². The second kappa shape index (κ2) is 6.69. The van der Waals surface area contributed by atoms with Crippen molar-refractivity contribution in [1.29, 1.82) is 0 Å². The Balaban J connectivity index is 1.42. The summed E-state index contributed by atoms with van der Waals surface area (Å²) in [6.45, 7) is 4.37. The third-order valence-corrected chi connectivity index (χ3v) is 6.03. The quantitative estimate of drug-likeness (QED) is 0.859. The number of hydrogen-bond acceptors (Lipinski definition) is 4. The molecule has 0 radical (unpaired) electrons. The number of hydrogen-bond donors (Lipinski definition) is 0. The van der Waals surface area contributed by atoms with Crippen LogP contribution in [0.1, 0.15) is 47.4 Å². The number of fused-ring (bicyclic) bond motifs is 1. The van der Waals surface area contributed by atoms with Gasteiger partial charge in [0, 0.05) is 24.2 Å². The molecule has 2 aromatic heterocycles. The van der Waals surface area contributed by atoms with Gasteiger partial charge < -0.3 is 9.64 Å². The summed E-state index contributed by atoms with van der Waals surface area (Å²) in [6.07, 6.45) is 7.43. The summed E-state index contributed by atoms with van der Waals surface area (Å²) in [5.74, 6) is 0.204. The van der Waals surface area contributed by atoms with Gasteiger partial charge in [0.25, 0.3) is 0 Å². The molecule has 0 spiro atoms. The predicted octanol–water partition coefficient (Wildman–Crippen LogP) is 3.12. The van der Waals surface area contributed by atoms with Crippen molar-refractivity contribution < 1.29 is 9.53 Å². The van der Waals surface area contributed by atoms with Gasteiger partial charge in [-0.25, -0.2) is 0 Å². The van der Waals surface area contributed by atoms with E-state index in [4.69, 9.17) is 4.74 Å². The van der Waals surface area contributed by atoms with Crippen LogP contribution in [-0.2, 0) is 16.0 Å².